The minimum Gasteiger partial charge on any atom is -0.378 e. The molecule has 0 spiro atoms. The summed E-state index contributed by atoms with van der Waals surface area (Å²) in [5.74, 6) is 1.01. The van der Waals surface area contributed by atoms with Crippen LogP contribution in [0, 0.1) is 5.92 Å². The van der Waals surface area contributed by atoms with E-state index in [1.807, 2.05) is 0 Å². The lowest BCUT2D eigenvalue weighted by atomic mass is 9.87. The normalized spacial score (nSPS) is 21.5. The molecule has 1 heterocycles. The van der Waals surface area contributed by atoms with Gasteiger partial charge in [-0.15, -0.1) is 0 Å². The zero-order chi connectivity index (χ0) is 23.9. The fourth-order valence-corrected chi connectivity index (χ4v) is 5.82. The van der Waals surface area contributed by atoms with Gasteiger partial charge in [-0.25, -0.2) is 0 Å². The summed E-state index contributed by atoms with van der Waals surface area (Å²) >= 11 is 0. The number of nitrogens with zero attached hydrogens (tertiary/aromatic N) is 3. The van der Waals surface area contributed by atoms with Crippen LogP contribution >= 0.6 is 0 Å². The molecule has 1 aliphatic heterocycles. The molecule has 2 fully saturated rings. The summed E-state index contributed by atoms with van der Waals surface area (Å²) in [5, 5.41) is 0. The summed E-state index contributed by atoms with van der Waals surface area (Å²) in [4.78, 5) is 20.0. The second kappa shape index (κ2) is 11.9. The molecule has 0 bridgehead atoms. The van der Waals surface area contributed by atoms with Gasteiger partial charge < -0.3 is 14.5 Å². The Morgan fingerprint density at radius 2 is 1.68 bits per heavy atom. The number of benzene rings is 2. The van der Waals surface area contributed by atoms with E-state index in [1.165, 1.54) is 36.1 Å². The third-order valence-electron chi connectivity index (χ3n) is 7.64. The molecule has 1 saturated carbocycles. The molecule has 2 aromatic carbocycles. The number of rotatable bonds is 9. The first-order chi connectivity index (χ1) is 16.5. The Bertz CT molecular complexity index is 893. The predicted octanol–water partition coefficient (Wildman–Crippen LogP) is 4.78. The van der Waals surface area contributed by atoms with Crippen LogP contribution < -0.4 is 4.90 Å². The second-order valence-electron chi connectivity index (χ2n) is 10.3. The maximum atomic E-state index is 13.1. The van der Waals surface area contributed by atoms with Crippen LogP contribution in [-0.4, -0.2) is 69.2 Å². The third kappa shape index (κ3) is 6.19. The van der Waals surface area contributed by atoms with Gasteiger partial charge in [0.25, 0.3) is 0 Å². The Balaban J connectivity index is 1.52. The molecule has 0 aromatic heterocycles. The van der Waals surface area contributed by atoms with E-state index in [9.17, 15) is 4.79 Å². The van der Waals surface area contributed by atoms with Crippen molar-refractivity contribution in [2.24, 2.45) is 5.92 Å². The molecule has 5 heteroatoms. The molecule has 2 aromatic rings. The maximum Gasteiger partial charge on any atom is 0.248 e. The minimum atomic E-state index is 0.152. The lowest BCUT2D eigenvalue weighted by Gasteiger charge is -2.37. The largest absolute Gasteiger partial charge is 0.378 e. The fourth-order valence-electron chi connectivity index (χ4n) is 5.82. The summed E-state index contributed by atoms with van der Waals surface area (Å²) in [6.45, 7) is 3.99. The number of anilines is 1. The van der Waals surface area contributed by atoms with Gasteiger partial charge in [-0.05, 0) is 42.0 Å². The van der Waals surface area contributed by atoms with E-state index in [0.717, 1.165) is 39.0 Å². The van der Waals surface area contributed by atoms with Crippen molar-refractivity contribution in [1.82, 2.24) is 9.80 Å². The van der Waals surface area contributed by atoms with Crippen molar-refractivity contribution in [3.63, 3.8) is 0 Å². The van der Waals surface area contributed by atoms with Crippen LogP contribution in [0.3, 0.4) is 0 Å². The number of carbonyl (C=O) groups is 1. The Morgan fingerprint density at radius 1 is 0.971 bits per heavy atom. The fraction of sp³-hybridized carbons (Fsp3) is 0.552. The summed E-state index contributed by atoms with van der Waals surface area (Å²) in [7, 11) is 5.78. The molecule has 184 valence electrons. The molecule has 1 amide bonds. The van der Waals surface area contributed by atoms with Crippen molar-refractivity contribution in [2.75, 3.05) is 52.3 Å². The van der Waals surface area contributed by atoms with Gasteiger partial charge in [0.15, 0.2) is 0 Å². The molecule has 2 aliphatic rings. The van der Waals surface area contributed by atoms with Crippen LogP contribution in [-0.2, 0) is 16.1 Å². The van der Waals surface area contributed by atoms with Gasteiger partial charge in [0, 0.05) is 65.0 Å². The molecule has 5 nitrogen and oxygen atoms in total. The molecule has 0 N–H and O–H groups in total. The molecular weight excluding hydrogens is 422 g/mol. The predicted molar refractivity (Wildman–Crippen MR) is 139 cm³/mol. The summed E-state index contributed by atoms with van der Waals surface area (Å²) in [6, 6.07) is 20.1. The Hall–Kier alpha value is -2.37. The Kier molecular flexibility index (Phi) is 8.63. The first-order valence-electron chi connectivity index (χ1n) is 12.9. The SMILES string of the molecule is COCC(=O)N(CC1CN(Cc2ccc(N(C)C)cc2)CC1c1ccccc1)C1CCCCC1. The van der Waals surface area contributed by atoms with Crippen molar-refractivity contribution in [3.05, 3.63) is 65.7 Å². The average Bonchev–Trinajstić information content (AvgIpc) is 3.26. The first-order valence-corrected chi connectivity index (χ1v) is 12.9. The zero-order valence-corrected chi connectivity index (χ0v) is 21.2. The zero-order valence-electron chi connectivity index (χ0n) is 21.2. The summed E-state index contributed by atoms with van der Waals surface area (Å²) in [5.41, 5.74) is 3.96. The highest BCUT2D eigenvalue weighted by molar-refractivity contribution is 5.77. The van der Waals surface area contributed by atoms with Crippen LogP contribution in [0.15, 0.2) is 54.6 Å². The number of methoxy groups -OCH3 is 1. The van der Waals surface area contributed by atoms with Crippen LogP contribution in [0.1, 0.15) is 49.1 Å². The van der Waals surface area contributed by atoms with Gasteiger partial charge in [-0.1, -0.05) is 61.7 Å². The monoisotopic (exact) mass is 463 g/mol. The topological polar surface area (TPSA) is 36.0 Å². The lowest BCUT2D eigenvalue weighted by molar-refractivity contribution is -0.139. The highest BCUT2D eigenvalue weighted by atomic mass is 16.5. The highest BCUT2D eigenvalue weighted by Gasteiger charge is 2.37. The lowest BCUT2D eigenvalue weighted by Crippen LogP contribution is -2.46. The number of amides is 1. The number of ether oxygens (including phenoxy) is 1. The van der Waals surface area contributed by atoms with Crippen LogP contribution in [0.5, 0.6) is 0 Å². The molecule has 1 aliphatic carbocycles. The minimum absolute atomic E-state index is 0.152. The van der Waals surface area contributed by atoms with Gasteiger partial charge in [-0.3, -0.25) is 9.69 Å². The van der Waals surface area contributed by atoms with Crippen molar-refractivity contribution in [3.8, 4) is 0 Å². The number of carbonyl (C=O) groups excluding carboxylic acids is 1. The van der Waals surface area contributed by atoms with E-state index >= 15 is 0 Å². The standard InChI is InChI=1S/C29H41N3O2/c1-30(2)26-16-14-23(15-17-26)18-31-19-25(28(21-31)24-10-6-4-7-11-24)20-32(29(33)22-34-3)27-12-8-5-9-13-27/h4,6-7,10-11,14-17,25,27-28H,5,8-9,12-13,18-22H2,1-3H3. The number of likely N-dealkylation sites (tertiary alicyclic amines) is 1. The third-order valence-corrected chi connectivity index (χ3v) is 7.64. The van der Waals surface area contributed by atoms with E-state index < -0.39 is 0 Å². The summed E-state index contributed by atoms with van der Waals surface area (Å²) in [6.07, 6.45) is 5.99. The van der Waals surface area contributed by atoms with E-state index in [2.05, 4.69) is 83.4 Å². The van der Waals surface area contributed by atoms with Crippen LogP contribution in [0.2, 0.25) is 0 Å². The van der Waals surface area contributed by atoms with E-state index in [-0.39, 0.29) is 12.5 Å². The van der Waals surface area contributed by atoms with E-state index in [0.29, 0.717) is 17.9 Å². The van der Waals surface area contributed by atoms with Crippen molar-refractivity contribution < 1.29 is 9.53 Å². The second-order valence-corrected chi connectivity index (χ2v) is 10.3. The molecule has 2 unspecified atom stereocenters. The molecule has 4 rings (SSSR count). The number of hydrogen-bond donors (Lipinski definition) is 0. The van der Waals surface area contributed by atoms with Crippen molar-refractivity contribution >= 4 is 11.6 Å². The summed E-state index contributed by atoms with van der Waals surface area (Å²) < 4.78 is 5.27. The Labute approximate surface area is 205 Å². The van der Waals surface area contributed by atoms with Gasteiger partial charge >= 0.3 is 0 Å². The maximum absolute atomic E-state index is 13.1. The molecular formula is C29H41N3O2. The van der Waals surface area contributed by atoms with Gasteiger partial charge in [0.2, 0.25) is 5.91 Å². The first kappa shape index (κ1) is 24.7. The molecule has 1 saturated heterocycles. The smallest absolute Gasteiger partial charge is 0.248 e. The van der Waals surface area contributed by atoms with Crippen molar-refractivity contribution in [2.45, 2.75) is 50.6 Å². The van der Waals surface area contributed by atoms with Crippen LogP contribution in [0.25, 0.3) is 0 Å². The van der Waals surface area contributed by atoms with E-state index in [4.69, 9.17) is 4.74 Å². The van der Waals surface area contributed by atoms with Crippen LogP contribution in [0.4, 0.5) is 5.69 Å². The molecule has 34 heavy (non-hydrogen) atoms. The average molecular weight is 464 g/mol. The van der Waals surface area contributed by atoms with E-state index in [1.54, 1.807) is 7.11 Å². The van der Waals surface area contributed by atoms with Crippen molar-refractivity contribution in [1.29, 1.82) is 0 Å². The molecule has 2 atom stereocenters. The quantitative estimate of drug-likeness (QED) is 0.536. The molecule has 0 radical (unpaired) electrons. The van der Waals surface area contributed by atoms with Gasteiger partial charge in [0.05, 0.1) is 0 Å². The van der Waals surface area contributed by atoms with Gasteiger partial charge in [-0.2, -0.15) is 0 Å². The number of hydrogen-bond acceptors (Lipinski definition) is 4. The van der Waals surface area contributed by atoms with Gasteiger partial charge in [0.1, 0.15) is 6.61 Å². The highest BCUT2D eigenvalue weighted by Crippen LogP contribution is 2.35. The Morgan fingerprint density at radius 3 is 2.32 bits per heavy atom.